The van der Waals surface area contributed by atoms with Crippen LogP contribution in [0, 0.1) is 5.92 Å². The first kappa shape index (κ1) is 12.1. The van der Waals surface area contributed by atoms with Gasteiger partial charge >= 0.3 is 5.97 Å². The maximum Gasteiger partial charge on any atom is 0.303 e. The molecule has 18 heavy (non-hydrogen) atoms. The van der Waals surface area contributed by atoms with Crippen LogP contribution in [0.25, 0.3) is 0 Å². The fourth-order valence-corrected chi connectivity index (χ4v) is 4.06. The molecule has 0 amide bonds. The lowest BCUT2D eigenvalue weighted by Gasteiger charge is -2.23. The van der Waals surface area contributed by atoms with Crippen molar-refractivity contribution in [3.05, 3.63) is 29.3 Å². The summed E-state index contributed by atoms with van der Waals surface area (Å²) >= 11 is 1.92. The molecule has 2 nitrogen and oxygen atoms in total. The number of thioether (sulfide) groups is 1. The van der Waals surface area contributed by atoms with E-state index in [0.29, 0.717) is 12.3 Å². The summed E-state index contributed by atoms with van der Waals surface area (Å²) in [6, 6.07) is 6.45. The molecule has 0 spiro atoms. The van der Waals surface area contributed by atoms with E-state index in [4.69, 9.17) is 5.11 Å². The van der Waals surface area contributed by atoms with E-state index in [2.05, 4.69) is 18.2 Å². The van der Waals surface area contributed by atoms with Crippen LogP contribution in [0.3, 0.4) is 0 Å². The van der Waals surface area contributed by atoms with Crippen LogP contribution in [0.1, 0.15) is 42.7 Å². The second kappa shape index (κ2) is 4.96. The molecule has 1 atom stereocenters. The molecule has 0 aromatic heterocycles. The number of fused-ring (bicyclic) bond motifs is 1. The Bertz CT molecular complexity index is 466. The van der Waals surface area contributed by atoms with Crippen LogP contribution in [0.4, 0.5) is 0 Å². The predicted octanol–water partition coefficient (Wildman–Crippen LogP) is 3.69. The molecule has 1 aliphatic carbocycles. The normalized spacial score (nSPS) is 20.2. The second-order valence-electron chi connectivity index (χ2n) is 5.32. The molecule has 0 radical (unpaired) electrons. The Kier molecular flexibility index (Phi) is 3.33. The van der Waals surface area contributed by atoms with E-state index in [0.717, 1.165) is 6.42 Å². The summed E-state index contributed by atoms with van der Waals surface area (Å²) in [6.07, 6.45) is 5.05. The summed E-state index contributed by atoms with van der Waals surface area (Å²) < 4.78 is 0. The highest BCUT2D eigenvalue weighted by atomic mass is 32.2. The van der Waals surface area contributed by atoms with Crippen molar-refractivity contribution < 1.29 is 9.90 Å². The van der Waals surface area contributed by atoms with Crippen LogP contribution in [-0.2, 0) is 11.2 Å². The maximum absolute atomic E-state index is 11.1. The highest BCUT2D eigenvalue weighted by Crippen LogP contribution is 2.47. The number of carboxylic acids is 1. The molecular formula is C15H18O2S. The van der Waals surface area contributed by atoms with Crippen LogP contribution < -0.4 is 0 Å². The van der Waals surface area contributed by atoms with Crippen LogP contribution in [0.5, 0.6) is 0 Å². The zero-order chi connectivity index (χ0) is 12.5. The van der Waals surface area contributed by atoms with Crippen LogP contribution in [0.15, 0.2) is 23.1 Å². The van der Waals surface area contributed by atoms with Gasteiger partial charge in [-0.05, 0) is 60.5 Å². The first-order chi connectivity index (χ1) is 8.75. The summed E-state index contributed by atoms with van der Waals surface area (Å²) in [5.41, 5.74) is 2.76. The molecule has 1 fully saturated rings. The van der Waals surface area contributed by atoms with E-state index in [1.54, 1.807) is 0 Å². The Balaban J connectivity index is 1.95. The Hall–Kier alpha value is -0.960. The Morgan fingerprint density at radius 3 is 3.00 bits per heavy atom. The van der Waals surface area contributed by atoms with Gasteiger partial charge in [0, 0.05) is 4.90 Å². The van der Waals surface area contributed by atoms with Gasteiger partial charge in [-0.3, -0.25) is 4.79 Å². The molecule has 1 aromatic carbocycles. The molecule has 1 aromatic rings. The van der Waals surface area contributed by atoms with E-state index >= 15 is 0 Å². The third-order valence-electron chi connectivity index (χ3n) is 3.98. The number of rotatable bonds is 4. The molecule has 0 bridgehead atoms. The summed E-state index contributed by atoms with van der Waals surface area (Å²) in [6.45, 7) is 0. The standard InChI is InChI=1S/C15H18O2S/c16-15(17)9-13(10-6-7-10)11-3-1-5-14-12(11)4-2-8-18-14/h1,3,5,10,13H,2,4,6-9H2,(H,16,17). The Morgan fingerprint density at radius 1 is 1.44 bits per heavy atom. The first-order valence-corrected chi connectivity index (χ1v) is 7.70. The van der Waals surface area contributed by atoms with Gasteiger partial charge in [0.05, 0.1) is 6.42 Å². The summed E-state index contributed by atoms with van der Waals surface area (Å²) in [5, 5.41) is 9.12. The van der Waals surface area contributed by atoms with Gasteiger partial charge in [0.2, 0.25) is 0 Å². The third-order valence-corrected chi connectivity index (χ3v) is 5.17. The zero-order valence-corrected chi connectivity index (χ0v) is 11.2. The van der Waals surface area contributed by atoms with Gasteiger partial charge in [-0.15, -0.1) is 11.8 Å². The molecule has 3 rings (SSSR count). The van der Waals surface area contributed by atoms with Crippen LogP contribution in [-0.4, -0.2) is 16.8 Å². The fourth-order valence-electron chi connectivity index (χ4n) is 2.98. The SMILES string of the molecule is O=C(O)CC(c1cccc2c1CCCS2)C1CC1. The van der Waals surface area contributed by atoms with E-state index < -0.39 is 5.97 Å². The van der Waals surface area contributed by atoms with Gasteiger partial charge < -0.3 is 5.11 Å². The number of aliphatic carboxylic acids is 1. The monoisotopic (exact) mass is 262 g/mol. The van der Waals surface area contributed by atoms with E-state index in [-0.39, 0.29) is 5.92 Å². The number of hydrogen-bond donors (Lipinski definition) is 1. The van der Waals surface area contributed by atoms with Gasteiger partial charge in [0.1, 0.15) is 0 Å². The fraction of sp³-hybridized carbons (Fsp3) is 0.533. The molecule has 0 saturated heterocycles. The van der Waals surface area contributed by atoms with E-state index in [9.17, 15) is 4.79 Å². The van der Waals surface area contributed by atoms with Crippen molar-refractivity contribution in [2.45, 2.75) is 42.9 Å². The van der Waals surface area contributed by atoms with E-state index in [1.807, 2.05) is 11.8 Å². The topological polar surface area (TPSA) is 37.3 Å². The largest absolute Gasteiger partial charge is 0.481 e. The molecule has 96 valence electrons. The minimum absolute atomic E-state index is 0.246. The van der Waals surface area contributed by atoms with Crippen molar-refractivity contribution >= 4 is 17.7 Å². The molecule has 2 aliphatic rings. The van der Waals surface area contributed by atoms with Gasteiger partial charge in [-0.2, -0.15) is 0 Å². The lowest BCUT2D eigenvalue weighted by molar-refractivity contribution is -0.137. The van der Waals surface area contributed by atoms with Crippen molar-refractivity contribution in [2.75, 3.05) is 5.75 Å². The lowest BCUT2D eigenvalue weighted by Crippen LogP contribution is -2.12. The first-order valence-electron chi connectivity index (χ1n) is 6.72. The van der Waals surface area contributed by atoms with Crippen molar-refractivity contribution in [1.82, 2.24) is 0 Å². The van der Waals surface area contributed by atoms with Crippen LogP contribution >= 0.6 is 11.8 Å². The average molecular weight is 262 g/mol. The molecule has 1 saturated carbocycles. The predicted molar refractivity (Wildman–Crippen MR) is 73.2 cm³/mol. The highest BCUT2D eigenvalue weighted by molar-refractivity contribution is 7.99. The minimum atomic E-state index is -0.659. The quantitative estimate of drug-likeness (QED) is 0.899. The summed E-state index contributed by atoms with van der Waals surface area (Å²) in [5.74, 6) is 1.40. The van der Waals surface area contributed by atoms with Crippen LogP contribution in [0.2, 0.25) is 0 Å². The number of hydrogen-bond acceptors (Lipinski definition) is 2. The summed E-state index contributed by atoms with van der Waals surface area (Å²) in [4.78, 5) is 12.5. The molecule has 3 heteroatoms. The second-order valence-corrected chi connectivity index (χ2v) is 6.45. The smallest absolute Gasteiger partial charge is 0.303 e. The molecular weight excluding hydrogens is 244 g/mol. The average Bonchev–Trinajstić information content (AvgIpc) is 3.19. The number of carboxylic acid groups (broad SMARTS) is 1. The number of benzene rings is 1. The van der Waals surface area contributed by atoms with E-state index in [1.165, 1.54) is 41.0 Å². The van der Waals surface area contributed by atoms with Crippen molar-refractivity contribution in [3.63, 3.8) is 0 Å². The molecule has 1 heterocycles. The van der Waals surface area contributed by atoms with Gasteiger partial charge in [-0.1, -0.05) is 12.1 Å². The molecule has 1 unspecified atom stereocenters. The van der Waals surface area contributed by atoms with Gasteiger partial charge in [-0.25, -0.2) is 0 Å². The minimum Gasteiger partial charge on any atom is -0.481 e. The van der Waals surface area contributed by atoms with Crippen molar-refractivity contribution in [3.8, 4) is 0 Å². The van der Waals surface area contributed by atoms with Gasteiger partial charge in [0.25, 0.3) is 0 Å². The van der Waals surface area contributed by atoms with Gasteiger partial charge in [0.15, 0.2) is 0 Å². The Labute approximate surface area is 112 Å². The lowest BCUT2D eigenvalue weighted by atomic mass is 9.86. The molecule has 1 N–H and O–H groups in total. The zero-order valence-electron chi connectivity index (χ0n) is 10.4. The highest BCUT2D eigenvalue weighted by Gasteiger charge is 2.35. The molecule has 1 aliphatic heterocycles. The van der Waals surface area contributed by atoms with Crippen molar-refractivity contribution in [1.29, 1.82) is 0 Å². The summed E-state index contributed by atoms with van der Waals surface area (Å²) in [7, 11) is 0. The van der Waals surface area contributed by atoms with Crippen molar-refractivity contribution in [2.24, 2.45) is 5.92 Å². The third kappa shape index (κ3) is 2.41. The number of carbonyl (C=O) groups is 1. The Morgan fingerprint density at radius 2 is 2.28 bits per heavy atom. The maximum atomic E-state index is 11.1.